The number of sulfonamides is 1. The van der Waals surface area contributed by atoms with Crippen LogP contribution in [0.15, 0.2) is 48.5 Å². The Bertz CT molecular complexity index is 929. The molecule has 2 rings (SSSR count). The molecule has 2 aromatic rings. The summed E-state index contributed by atoms with van der Waals surface area (Å²) >= 11 is 0. The summed E-state index contributed by atoms with van der Waals surface area (Å²) in [7, 11) is -0.621. The van der Waals surface area contributed by atoms with Gasteiger partial charge in [0.25, 0.3) is 0 Å². The second-order valence-electron chi connectivity index (χ2n) is 6.96. The van der Waals surface area contributed by atoms with Crippen LogP contribution in [-0.2, 0) is 21.4 Å². The predicted octanol–water partition coefficient (Wildman–Crippen LogP) is 2.73. The Morgan fingerprint density at radius 3 is 2.31 bits per heavy atom. The summed E-state index contributed by atoms with van der Waals surface area (Å²) in [6, 6.07) is 13.3. The van der Waals surface area contributed by atoms with Crippen LogP contribution in [0.4, 0.5) is 0 Å². The van der Waals surface area contributed by atoms with Crippen LogP contribution < -0.4 is 14.8 Å². The Balaban J connectivity index is 2.20. The smallest absolute Gasteiger partial charge is 0.243 e. The number of likely N-dealkylation sites (N-methyl/N-ethyl adjacent to an activating group) is 1. The van der Waals surface area contributed by atoms with E-state index in [1.807, 2.05) is 26.0 Å². The Hall–Kier alpha value is -2.58. The molecule has 0 fully saturated rings. The SMILES string of the molecule is COc1cc(CNC(=O)[C@@H](c2ccccc2)N(C)S(C)(=O)=O)ccc1OC(C)C. The minimum Gasteiger partial charge on any atom is -0.493 e. The average Bonchev–Trinajstić information content (AvgIpc) is 2.67. The van der Waals surface area contributed by atoms with Gasteiger partial charge in [-0.25, -0.2) is 8.42 Å². The maximum Gasteiger partial charge on any atom is 0.243 e. The molecular weight excluding hydrogens is 392 g/mol. The number of rotatable bonds is 9. The van der Waals surface area contributed by atoms with E-state index >= 15 is 0 Å². The van der Waals surface area contributed by atoms with Crippen LogP contribution in [0.2, 0.25) is 0 Å². The van der Waals surface area contributed by atoms with Gasteiger partial charge in [0.1, 0.15) is 6.04 Å². The molecule has 0 aliphatic heterocycles. The van der Waals surface area contributed by atoms with E-state index in [9.17, 15) is 13.2 Å². The Morgan fingerprint density at radius 1 is 1.10 bits per heavy atom. The van der Waals surface area contributed by atoms with Crippen molar-refractivity contribution in [2.45, 2.75) is 32.5 Å². The van der Waals surface area contributed by atoms with Crippen LogP contribution in [0.3, 0.4) is 0 Å². The van der Waals surface area contributed by atoms with Crippen molar-refractivity contribution in [3.63, 3.8) is 0 Å². The van der Waals surface area contributed by atoms with Crippen molar-refractivity contribution < 1.29 is 22.7 Å². The fraction of sp³-hybridized carbons (Fsp3) is 0.381. The van der Waals surface area contributed by atoms with E-state index in [2.05, 4.69) is 5.32 Å². The summed E-state index contributed by atoms with van der Waals surface area (Å²) in [5.74, 6) is 0.778. The first kappa shape index (κ1) is 22.7. The van der Waals surface area contributed by atoms with Crippen molar-refractivity contribution in [1.82, 2.24) is 9.62 Å². The van der Waals surface area contributed by atoms with Crippen LogP contribution >= 0.6 is 0 Å². The molecule has 0 aliphatic carbocycles. The molecule has 0 aliphatic rings. The number of carbonyl (C=O) groups excluding carboxylic acids is 1. The van der Waals surface area contributed by atoms with E-state index in [0.29, 0.717) is 17.1 Å². The molecule has 0 aromatic heterocycles. The van der Waals surface area contributed by atoms with E-state index in [1.54, 1.807) is 43.5 Å². The third kappa shape index (κ3) is 6.20. The van der Waals surface area contributed by atoms with Crippen molar-refractivity contribution in [3.05, 3.63) is 59.7 Å². The number of nitrogens with zero attached hydrogens (tertiary/aromatic N) is 1. The number of carbonyl (C=O) groups is 1. The number of methoxy groups -OCH3 is 1. The number of hydrogen-bond acceptors (Lipinski definition) is 5. The molecule has 1 atom stereocenters. The first-order chi connectivity index (χ1) is 13.6. The third-order valence-corrected chi connectivity index (χ3v) is 5.56. The summed E-state index contributed by atoms with van der Waals surface area (Å²) in [5.41, 5.74) is 1.40. The Kier molecular flexibility index (Phi) is 7.64. The molecule has 0 unspecified atom stereocenters. The lowest BCUT2D eigenvalue weighted by molar-refractivity contribution is -0.124. The molecular formula is C21H28N2O5S. The monoisotopic (exact) mass is 420 g/mol. The number of hydrogen-bond donors (Lipinski definition) is 1. The lowest BCUT2D eigenvalue weighted by atomic mass is 10.1. The maximum absolute atomic E-state index is 12.9. The van der Waals surface area contributed by atoms with Gasteiger partial charge < -0.3 is 14.8 Å². The van der Waals surface area contributed by atoms with Crippen LogP contribution in [-0.4, -0.2) is 45.1 Å². The number of amides is 1. The van der Waals surface area contributed by atoms with Crippen LogP contribution in [0.25, 0.3) is 0 Å². The largest absolute Gasteiger partial charge is 0.493 e. The fourth-order valence-electron chi connectivity index (χ4n) is 2.81. The van der Waals surface area contributed by atoms with Gasteiger partial charge in [0.05, 0.1) is 19.5 Å². The molecule has 0 heterocycles. The van der Waals surface area contributed by atoms with E-state index in [4.69, 9.17) is 9.47 Å². The lowest BCUT2D eigenvalue weighted by Gasteiger charge is -2.25. The molecule has 2 aromatic carbocycles. The molecule has 0 bridgehead atoms. The summed E-state index contributed by atoms with van der Waals surface area (Å²) in [6.07, 6.45) is 1.08. The third-order valence-electron chi connectivity index (χ3n) is 4.31. The van der Waals surface area contributed by atoms with Crippen molar-refractivity contribution in [2.75, 3.05) is 20.4 Å². The molecule has 0 saturated heterocycles. The summed E-state index contributed by atoms with van der Waals surface area (Å²) in [4.78, 5) is 12.9. The van der Waals surface area contributed by atoms with E-state index in [1.165, 1.54) is 7.05 Å². The Labute approximate surface area is 172 Å². The Morgan fingerprint density at radius 2 is 1.76 bits per heavy atom. The minimum atomic E-state index is -3.57. The second kappa shape index (κ2) is 9.76. The molecule has 1 N–H and O–H groups in total. The zero-order valence-corrected chi connectivity index (χ0v) is 18.2. The zero-order valence-electron chi connectivity index (χ0n) is 17.4. The highest BCUT2D eigenvalue weighted by atomic mass is 32.2. The van der Waals surface area contributed by atoms with Gasteiger partial charge in [-0.15, -0.1) is 0 Å². The quantitative estimate of drug-likeness (QED) is 0.674. The topological polar surface area (TPSA) is 84.9 Å². The van der Waals surface area contributed by atoms with Gasteiger partial charge in [0, 0.05) is 13.6 Å². The summed E-state index contributed by atoms with van der Waals surface area (Å²) < 4.78 is 36.2. The van der Waals surface area contributed by atoms with E-state index in [0.717, 1.165) is 16.1 Å². The van der Waals surface area contributed by atoms with E-state index < -0.39 is 22.0 Å². The molecule has 0 spiro atoms. The minimum absolute atomic E-state index is 0.00705. The number of ether oxygens (including phenoxy) is 2. The standard InChI is InChI=1S/C21H28N2O5S/c1-15(2)28-18-12-11-16(13-19(18)27-4)14-22-21(24)20(23(3)29(5,25)26)17-9-7-6-8-10-17/h6-13,15,20H,14H2,1-5H3,(H,22,24)/t20-/m1/s1. The normalized spacial score (nSPS) is 12.7. The molecule has 158 valence electrons. The van der Waals surface area contributed by atoms with Crippen LogP contribution in [0.5, 0.6) is 11.5 Å². The van der Waals surface area contributed by atoms with Crippen molar-refractivity contribution in [2.24, 2.45) is 0 Å². The van der Waals surface area contributed by atoms with Gasteiger partial charge in [-0.2, -0.15) is 4.31 Å². The second-order valence-corrected chi connectivity index (χ2v) is 9.00. The van der Waals surface area contributed by atoms with Gasteiger partial charge in [-0.05, 0) is 37.1 Å². The fourth-order valence-corrected chi connectivity index (χ4v) is 3.41. The zero-order chi connectivity index (χ0) is 21.6. The van der Waals surface area contributed by atoms with Crippen LogP contribution in [0.1, 0.15) is 31.0 Å². The molecule has 7 nitrogen and oxygen atoms in total. The average molecular weight is 421 g/mol. The highest BCUT2D eigenvalue weighted by molar-refractivity contribution is 7.88. The van der Waals surface area contributed by atoms with E-state index in [-0.39, 0.29) is 12.6 Å². The highest BCUT2D eigenvalue weighted by Crippen LogP contribution is 2.29. The van der Waals surface area contributed by atoms with Gasteiger partial charge in [0.2, 0.25) is 15.9 Å². The van der Waals surface area contributed by atoms with Crippen LogP contribution in [0, 0.1) is 0 Å². The first-order valence-corrected chi connectivity index (χ1v) is 11.1. The van der Waals surface area contributed by atoms with Crippen molar-refractivity contribution in [1.29, 1.82) is 0 Å². The number of benzene rings is 2. The number of nitrogens with one attached hydrogen (secondary N) is 1. The molecule has 0 radical (unpaired) electrons. The highest BCUT2D eigenvalue weighted by Gasteiger charge is 2.30. The predicted molar refractivity (Wildman–Crippen MR) is 112 cm³/mol. The van der Waals surface area contributed by atoms with Gasteiger partial charge in [0.15, 0.2) is 11.5 Å². The summed E-state index contributed by atoms with van der Waals surface area (Å²) in [5, 5.41) is 2.82. The van der Waals surface area contributed by atoms with Crippen molar-refractivity contribution in [3.8, 4) is 11.5 Å². The van der Waals surface area contributed by atoms with Gasteiger partial charge >= 0.3 is 0 Å². The molecule has 29 heavy (non-hydrogen) atoms. The van der Waals surface area contributed by atoms with Crippen molar-refractivity contribution >= 4 is 15.9 Å². The maximum atomic E-state index is 12.9. The molecule has 8 heteroatoms. The molecule has 0 saturated carbocycles. The molecule has 1 amide bonds. The van der Waals surface area contributed by atoms with Gasteiger partial charge in [-0.1, -0.05) is 36.4 Å². The lowest BCUT2D eigenvalue weighted by Crippen LogP contribution is -2.41. The first-order valence-electron chi connectivity index (χ1n) is 9.22. The summed E-state index contributed by atoms with van der Waals surface area (Å²) in [6.45, 7) is 4.07. The van der Waals surface area contributed by atoms with Gasteiger partial charge in [-0.3, -0.25) is 4.79 Å².